The Morgan fingerprint density at radius 3 is 2.18 bits per heavy atom. The molecule has 2 rings (SSSR count). The summed E-state index contributed by atoms with van der Waals surface area (Å²) in [5.41, 5.74) is -1.21. The molecule has 28 heavy (non-hydrogen) atoms. The molecule has 154 valence electrons. The van der Waals surface area contributed by atoms with E-state index in [-0.39, 0.29) is 11.3 Å². The number of hydrogen-bond donors (Lipinski definition) is 1. The number of carbonyl (C=O) groups is 1. The second kappa shape index (κ2) is 7.73. The number of amides is 1. The van der Waals surface area contributed by atoms with Gasteiger partial charge in [-0.1, -0.05) is 30.3 Å². The first kappa shape index (κ1) is 21.6. The number of aryl methyl sites for hydroxylation is 1. The van der Waals surface area contributed by atoms with Crippen molar-refractivity contribution in [1.29, 1.82) is 0 Å². The quantitative estimate of drug-likeness (QED) is 0.567. The fourth-order valence-corrected chi connectivity index (χ4v) is 2.26. The SMILES string of the molecule is Cn1nc(C(F)F)c(C(=O)NOC(F)(F)C(F)C(F)(F)F)c1-c1ccccc1. The number of carbonyl (C=O) groups excluding carboxylic acids is 1. The van der Waals surface area contributed by atoms with Gasteiger partial charge in [0.1, 0.15) is 5.69 Å². The number of rotatable bonds is 6. The van der Waals surface area contributed by atoms with Crippen molar-refractivity contribution in [3.8, 4) is 11.3 Å². The van der Waals surface area contributed by atoms with E-state index in [2.05, 4.69) is 9.94 Å². The van der Waals surface area contributed by atoms with Crippen LogP contribution in [0.3, 0.4) is 0 Å². The minimum Gasteiger partial charge on any atom is -0.267 e. The first-order valence-corrected chi connectivity index (χ1v) is 7.33. The predicted molar refractivity (Wildman–Crippen MR) is 78.1 cm³/mol. The number of benzene rings is 1. The molecule has 0 saturated carbocycles. The first-order chi connectivity index (χ1) is 12.9. The molecule has 1 atom stereocenters. The fourth-order valence-electron chi connectivity index (χ4n) is 2.26. The van der Waals surface area contributed by atoms with Crippen LogP contribution in [0.4, 0.5) is 35.1 Å². The summed E-state index contributed by atoms with van der Waals surface area (Å²) < 4.78 is 103. The summed E-state index contributed by atoms with van der Waals surface area (Å²) in [5, 5.41) is 3.44. The molecule has 0 saturated heterocycles. The third kappa shape index (κ3) is 4.40. The van der Waals surface area contributed by atoms with Gasteiger partial charge in [-0.25, -0.2) is 18.7 Å². The number of aromatic nitrogens is 2. The summed E-state index contributed by atoms with van der Waals surface area (Å²) in [5.74, 6) is -1.75. The number of nitrogens with one attached hydrogen (secondary N) is 1. The number of halogens is 8. The maximum absolute atomic E-state index is 13.2. The Morgan fingerprint density at radius 1 is 1.11 bits per heavy atom. The Hall–Kier alpha value is -2.70. The molecule has 1 unspecified atom stereocenters. The Balaban J connectivity index is 2.37. The van der Waals surface area contributed by atoms with Crippen LogP contribution < -0.4 is 5.48 Å². The van der Waals surface area contributed by atoms with Crippen LogP contribution in [-0.2, 0) is 11.9 Å². The molecule has 13 heteroatoms. The average Bonchev–Trinajstić information content (AvgIpc) is 2.96. The van der Waals surface area contributed by atoms with Gasteiger partial charge in [-0.3, -0.25) is 9.48 Å². The number of hydrogen-bond acceptors (Lipinski definition) is 3. The molecule has 0 aliphatic heterocycles. The van der Waals surface area contributed by atoms with Crippen LogP contribution in [0.15, 0.2) is 30.3 Å². The van der Waals surface area contributed by atoms with Gasteiger partial charge in [0, 0.05) is 12.6 Å². The minimum absolute atomic E-state index is 0.181. The summed E-state index contributed by atoms with van der Waals surface area (Å²) in [6.45, 7) is 0. The van der Waals surface area contributed by atoms with Crippen LogP contribution in [0.2, 0.25) is 0 Å². The van der Waals surface area contributed by atoms with E-state index in [0.717, 1.165) is 10.2 Å². The lowest BCUT2D eigenvalue weighted by molar-refractivity contribution is -0.348. The van der Waals surface area contributed by atoms with Gasteiger partial charge in [-0.15, -0.1) is 0 Å². The molecule has 1 aromatic heterocycles. The zero-order valence-electron chi connectivity index (χ0n) is 13.8. The standard InChI is InChI=1S/C15H11F8N3O2/c1-26-10(7-5-3-2-4-6-7)8(9(24-26)11(16)17)12(27)25-28-15(22,23)13(18)14(19,20)21/h2-6,11,13H,1H3,(H,25,27). The molecular formula is C15H11F8N3O2. The molecular weight excluding hydrogens is 406 g/mol. The number of nitrogens with zero attached hydrogens (tertiary/aromatic N) is 2. The second-order valence-corrected chi connectivity index (χ2v) is 5.40. The third-order valence-corrected chi connectivity index (χ3v) is 3.42. The topological polar surface area (TPSA) is 56.2 Å². The van der Waals surface area contributed by atoms with E-state index in [1.807, 2.05) is 0 Å². The highest BCUT2D eigenvalue weighted by atomic mass is 19.4. The van der Waals surface area contributed by atoms with Crippen molar-refractivity contribution in [2.75, 3.05) is 0 Å². The Labute approximate surface area is 151 Å². The van der Waals surface area contributed by atoms with Gasteiger partial charge in [0.15, 0.2) is 0 Å². The molecule has 0 aliphatic rings. The molecule has 0 radical (unpaired) electrons. The van der Waals surface area contributed by atoms with E-state index >= 15 is 0 Å². The Kier molecular flexibility index (Phi) is 5.97. The van der Waals surface area contributed by atoms with Crippen LogP contribution >= 0.6 is 0 Å². The van der Waals surface area contributed by atoms with Crippen molar-refractivity contribution in [3.05, 3.63) is 41.6 Å². The Bertz CT molecular complexity index is 836. The first-order valence-electron chi connectivity index (χ1n) is 7.33. The molecule has 0 fully saturated rings. The molecule has 1 heterocycles. The molecule has 5 nitrogen and oxygen atoms in total. The number of hydroxylamine groups is 1. The fraction of sp³-hybridized carbons (Fsp3) is 0.333. The predicted octanol–water partition coefficient (Wildman–Crippen LogP) is 4.18. The van der Waals surface area contributed by atoms with Gasteiger partial charge in [0.2, 0.25) is 0 Å². The lowest BCUT2D eigenvalue weighted by atomic mass is 10.1. The van der Waals surface area contributed by atoms with Gasteiger partial charge < -0.3 is 0 Å². The van der Waals surface area contributed by atoms with E-state index in [4.69, 9.17) is 0 Å². The monoisotopic (exact) mass is 417 g/mol. The van der Waals surface area contributed by atoms with Gasteiger partial charge >= 0.3 is 12.3 Å². The van der Waals surface area contributed by atoms with Gasteiger partial charge in [0.25, 0.3) is 18.5 Å². The maximum Gasteiger partial charge on any atom is 0.428 e. The molecule has 0 spiro atoms. The summed E-state index contributed by atoms with van der Waals surface area (Å²) in [7, 11) is 1.18. The van der Waals surface area contributed by atoms with Gasteiger partial charge in [-0.2, -0.15) is 31.9 Å². The van der Waals surface area contributed by atoms with Crippen LogP contribution in [-0.4, -0.2) is 34.1 Å². The number of alkyl halides is 8. The molecule has 0 aliphatic carbocycles. The van der Waals surface area contributed by atoms with Crippen molar-refractivity contribution in [3.63, 3.8) is 0 Å². The average molecular weight is 417 g/mol. The van der Waals surface area contributed by atoms with Crippen molar-refractivity contribution in [2.24, 2.45) is 7.05 Å². The van der Waals surface area contributed by atoms with E-state index < -0.39 is 42.0 Å². The minimum atomic E-state index is -5.98. The van der Waals surface area contributed by atoms with Crippen molar-refractivity contribution < 1.29 is 44.8 Å². The summed E-state index contributed by atoms with van der Waals surface area (Å²) in [6, 6.07) is 7.30. The molecule has 2 aromatic rings. The van der Waals surface area contributed by atoms with E-state index in [1.165, 1.54) is 31.3 Å². The van der Waals surface area contributed by atoms with Crippen LogP contribution in [0.1, 0.15) is 22.5 Å². The molecule has 1 amide bonds. The van der Waals surface area contributed by atoms with Crippen molar-refractivity contribution in [1.82, 2.24) is 15.3 Å². The summed E-state index contributed by atoms with van der Waals surface area (Å²) in [6.07, 6.45) is -19.5. The largest absolute Gasteiger partial charge is 0.428 e. The van der Waals surface area contributed by atoms with Crippen molar-refractivity contribution >= 4 is 5.91 Å². The molecule has 1 aromatic carbocycles. The highest BCUT2D eigenvalue weighted by molar-refractivity contribution is 6.00. The summed E-state index contributed by atoms with van der Waals surface area (Å²) in [4.78, 5) is 15.4. The Morgan fingerprint density at radius 2 is 1.68 bits per heavy atom. The van der Waals surface area contributed by atoms with Gasteiger partial charge in [-0.05, 0) is 0 Å². The van der Waals surface area contributed by atoms with Crippen LogP contribution in [0, 0.1) is 0 Å². The van der Waals surface area contributed by atoms with E-state index in [1.54, 1.807) is 6.07 Å². The second-order valence-electron chi connectivity index (χ2n) is 5.40. The zero-order valence-corrected chi connectivity index (χ0v) is 13.8. The third-order valence-electron chi connectivity index (χ3n) is 3.42. The normalized spacial score (nSPS) is 13.6. The highest BCUT2D eigenvalue weighted by Crippen LogP contribution is 2.36. The van der Waals surface area contributed by atoms with E-state index in [9.17, 15) is 39.9 Å². The highest BCUT2D eigenvalue weighted by Gasteiger charge is 2.59. The zero-order chi connectivity index (χ0) is 21.3. The van der Waals surface area contributed by atoms with Crippen molar-refractivity contribution in [2.45, 2.75) is 24.9 Å². The molecule has 1 N–H and O–H groups in total. The summed E-state index contributed by atoms with van der Waals surface area (Å²) >= 11 is 0. The van der Waals surface area contributed by atoms with Crippen LogP contribution in [0.5, 0.6) is 0 Å². The lowest BCUT2D eigenvalue weighted by Crippen LogP contribution is -2.47. The van der Waals surface area contributed by atoms with E-state index in [0.29, 0.717) is 0 Å². The van der Waals surface area contributed by atoms with Gasteiger partial charge in [0.05, 0.1) is 11.3 Å². The smallest absolute Gasteiger partial charge is 0.267 e. The molecule has 0 bridgehead atoms. The maximum atomic E-state index is 13.2. The van der Waals surface area contributed by atoms with Crippen LogP contribution in [0.25, 0.3) is 11.3 Å². The lowest BCUT2D eigenvalue weighted by Gasteiger charge is -2.22.